The van der Waals surface area contributed by atoms with Crippen molar-refractivity contribution in [2.45, 2.75) is 46.6 Å². The van der Waals surface area contributed by atoms with Crippen molar-refractivity contribution in [1.82, 2.24) is 14.7 Å². The molecule has 37 heavy (non-hydrogen) atoms. The molecule has 0 unspecified atom stereocenters. The topological polar surface area (TPSA) is 80.4 Å². The molecule has 0 saturated heterocycles. The number of hydrogen-bond acceptors (Lipinski definition) is 4. The van der Waals surface area contributed by atoms with E-state index in [1.165, 1.54) is 11.2 Å². The lowest BCUT2D eigenvalue weighted by atomic mass is 9.92. The summed E-state index contributed by atoms with van der Waals surface area (Å²) in [5.74, 6) is 0.363. The standard InChI is InChI=1S/C29H31ClN4O3/c1-19-12-13-24(20(2)15-19)34-26(16-25(32-34)29(3,4)5)31-27(35)18-33(17-21-9-8-14-37-21)28(36)22-10-6-7-11-23(22)30/h6-16H,17-18H2,1-5H3,(H,31,35). The van der Waals surface area contributed by atoms with Gasteiger partial charge < -0.3 is 14.6 Å². The van der Waals surface area contributed by atoms with Crippen LogP contribution in [-0.2, 0) is 16.8 Å². The number of amides is 2. The maximum absolute atomic E-state index is 13.4. The molecule has 0 fully saturated rings. The Morgan fingerprint density at radius 3 is 2.46 bits per heavy atom. The van der Waals surface area contributed by atoms with Crippen LogP contribution in [-0.4, -0.2) is 33.0 Å². The summed E-state index contributed by atoms with van der Waals surface area (Å²) in [7, 11) is 0. The van der Waals surface area contributed by atoms with E-state index in [-0.39, 0.29) is 30.3 Å². The number of aryl methyl sites for hydroxylation is 2. The first-order valence-electron chi connectivity index (χ1n) is 12.1. The van der Waals surface area contributed by atoms with Gasteiger partial charge in [0, 0.05) is 11.5 Å². The van der Waals surface area contributed by atoms with Crippen LogP contribution < -0.4 is 5.32 Å². The normalized spacial score (nSPS) is 11.4. The maximum atomic E-state index is 13.4. The van der Waals surface area contributed by atoms with Crippen molar-refractivity contribution in [3.8, 4) is 5.69 Å². The van der Waals surface area contributed by atoms with E-state index in [0.717, 1.165) is 22.5 Å². The van der Waals surface area contributed by atoms with Crippen molar-refractivity contribution in [3.63, 3.8) is 0 Å². The first-order chi connectivity index (χ1) is 17.5. The monoisotopic (exact) mass is 518 g/mol. The largest absolute Gasteiger partial charge is 0.467 e. The molecule has 0 bridgehead atoms. The molecule has 4 rings (SSSR count). The first-order valence-corrected chi connectivity index (χ1v) is 12.4. The molecule has 0 radical (unpaired) electrons. The molecule has 1 N–H and O–H groups in total. The number of benzene rings is 2. The molecule has 2 amide bonds. The van der Waals surface area contributed by atoms with Crippen LogP contribution in [0, 0.1) is 13.8 Å². The fraction of sp³-hybridized carbons (Fsp3) is 0.276. The Morgan fingerprint density at radius 1 is 1.05 bits per heavy atom. The summed E-state index contributed by atoms with van der Waals surface area (Å²) < 4.78 is 7.20. The molecular formula is C29H31ClN4O3. The van der Waals surface area contributed by atoms with Gasteiger partial charge in [0.1, 0.15) is 18.1 Å². The van der Waals surface area contributed by atoms with Gasteiger partial charge in [-0.3, -0.25) is 9.59 Å². The fourth-order valence-corrected chi connectivity index (χ4v) is 4.23. The zero-order valence-corrected chi connectivity index (χ0v) is 22.5. The summed E-state index contributed by atoms with van der Waals surface area (Å²) in [5.41, 5.74) is 3.97. The number of aromatic nitrogens is 2. The highest BCUT2D eigenvalue weighted by atomic mass is 35.5. The van der Waals surface area contributed by atoms with Crippen LogP contribution in [0.1, 0.15) is 53.7 Å². The van der Waals surface area contributed by atoms with Crippen molar-refractivity contribution in [1.29, 1.82) is 0 Å². The molecule has 192 valence electrons. The van der Waals surface area contributed by atoms with Gasteiger partial charge in [-0.25, -0.2) is 4.68 Å². The Kier molecular flexibility index (Phi) is 7.55. The number of hydrogen-bond donors (Lipinski definition) is 1. The quantitative estimate of drug-likeness (QED) is 0.310. The zero-order chi connectivity index (χ0) is 26.7. The second-order valence-corrected chi connectivity index (χ2v) is 10.5. The molecule has 0 aliphatic carbocycles. The maximum Gasteiger partial charge on any atom is 0.256 e. The third-order valence-electron chi connectivity index (χ3n) is 5.98. The molecule has 0 aliphatic heterocycles. The highest BCUT2D eigenvalue weighted by molar-refractivity contribution is 6.33. The highest BCUT2D eigenvalue weighted by Gasteiger charge is 2.25. The minimum absolute atomic E-state index is 0.119. The summed E-state index contributed by atoms with van der Waals surface area (Å²) in [6, 6.07) is 18.2. The molecule has 2 aromatic carbocycles. The summed E-state index contributed by atoms with van der Waals surface area (Å²) in [6.45, 7) is 10.2. The van der Waals surface area contributed by atoms with E-state index in [1.807, 2.05) is 32.0 Å². The molecule has 4 aromatic rings. The van der Waals surface area contributed by atoms with Crippen LogP contribution in [0.2, 0.25) is 5.02 Å². The molecule has 0 saturated carbocycles. The summed E-state index contributed by atoms with van der Waals surface area (Å²) in [6.07, 6.45) is 1.53. The second-order valence-electron chi connectivity index (χ2n) is 10.1. The minimum atomic E-state index is -0.365. The average Bonchev–Trinajstić information content (AvgIpc) is 3.49. The van der Waals surface area contributed by atoms with Crippen molar-refractivity contribution >= 4 is 29.2 Å². The van der Waals surface area contributed by atoms with Crippen LogP contribution >= 0.6 is 11.6 Å². The zero-order valence-electron chi connectivity index (χ0n) is 21.7. The number of anilines is 1. The molecule has 0 spiro atoms. The van der Waals surface area contributed by atoms with Gasteiger partial charge in [-0.1, -0.05) is 62.2 Å². The van der Waals surface area contributed by atoms with E-state index in [4.69, 9.17) is 21.1 Å². The van der Waals surface area contributed by atoms with E-state index in [2.05, 4.69) is 32.2 Å². The third-order valence-corrected chi connectivity index (χ3v) is 6.31. The lowest BCUT2D eigenvalue weighted by Gasteiger charge is -2.22. The molecule has 2 heterocycles. The smallest absolute Gasteiger partial charge is 0.256 e. The van der Waals surface area contributed by atoms with Gasteiger partial charge in [0.25, 0.3) is 5.91 Å². The van der Waals surface area contributed by atoms with Gasteiger partial charge in [-0.2, -0.15) is 5.10 Å². The number of rotatable bonds is 7. The Bertz CT molecular complexity index is 1420. The number of carbonyl (C=O) groups is 2. The summed E-state index contributed by atoms with van der Waals surface area (Å²) in [4.78, 5) is 28.1. The van der Waals surface area contributed by atoms with Crippen molar-refractivity contribution in [2.75, 3.05) is 11.9 Å². The van der Waals surface area contributed by atoms with Gasteiger partial charge >= 0.3 is 0 Å². The summed E-state index contributed by atoms with van der Waals surface area (Å²) >= 11 is 6.29. The number of nitrogens with one attached hydrogen (secondary N) is 1. The average molecular weight is 519 g/mol. The van der Waals surface area contributed by atoms with Gasteiger partial charge in [-0.05, 0) is 49.7 Å². The van der Waals surface area contributed by atoms with E-state index < -0.39 is 0 Å². The Labute approximate surface area is 222 Å². The van der Waals surface area contributed by atoms with E-state index in [0.29, 0.717) is 22.2 Å². The minimum Gasteiger partial charge on any atom is -0.467 e. The molecule has 0 atom stereocenters. The third kappa shape index (κ3) is 6.12. The van der Waals surface area contributed by atoms with Gasteiger partial charge in [0.05, 0.1) is 34.8 Å². The second kappa shape index (κ2) is 10.6. The van der Waals surface area contributed by atoms with Crippen molar-refractivity contribution in [3.05, 3.63) is 100 Å². The predicted molar refractivity (Wildman–Crippen MR) is 145 cm³/mol. The van der Waals surface area contributed by atoms with Crippen LogP contribution in [0.25, 0.3) is 5.69 Å². The highest BCUT2D eigenvalue weighted by Crippen LogP contribution is 2.28. The van der Waals surface area contributed by atoms with Crippen molar-refractivity contribution < 1.29 is 14.0 Å². The Morgan fingerprint density at radius 2 is 1.81 bits per heavy atom. The van der Waals surface area contributed by atoms with E-state index >= 15 is 0 Å². The first kappa shape index (κ1) is 26.2. The predicted octanol–water partition coefficient (Wildman–Crippen LogP) is 6.31. The van der Waals surface area contributed by atoms with Gasteiger partial charge in [0.15, 0.2) is 0 Å². The molecule has 2 aromatic heterocycles. The number of nitrogens with zero attached hydrogens (tertiary/aromatic N) is 3. The fourth-order valence-electron chi connectivity index (χ4n) is 4.01. The van der Waals surface area contributed by atoms with Crippen LogP contribution in [0.4, 0.5) is 5.82 Å². The van der Waals surface area contributed by atoms with Gasteiger partial charge in [-0.15, -0.1) is 0 Å². The van der Waals surface area contributed by atoms with Crippen LogP contribution in [0.3, 0.4) is 0 Å². The summed E-state index contributed by atoms with van der Waals surface area (Å²) in [5, 5.41) is 8.12. The lowest BCUT2D eigenvalue weighted by Crippen LogP contribution is -2.38. The number of carbonyl (C=O) groups excluding carboxylic acids is 2. The molecule has 8 heteroatoms. The molecular weight excluding hydrogens is 488 g/mol. The lowest BCUT2D eigenvalue weighted by molar-refractivity contribution is -0.117. The van der Waals surface area contributed by atoms with Crippen LogP contribution in [0.5, 0.6) is 0 Å². The molecule has 7 nitrogen and oxygen atoms in total. The number of halogens is 1. The SMILES string of the molecule is Cc1ccc(-n2nc(C(C)(C)C)cc2NC(=O)CN(Cc2ccco2)C(=O)c2ccccc2Cl)c(C)c1. The van der Waals surface area contributed by atoms with E-state index in [9.17, 15) is 9.59 Å². The van der Waals surface area contributed by atoms with Gasteiger partial charge in [0.2, 0.25) is 5.91 Å². The number of furan rings is 1. The Balaban J connectivity index is 1.64. The Hall–Kier alpha value is -3.84. The van der Waals surface area contributed by atoms with E-state index in [1.54, 1.807) is 41.1 Å². The molecule has 0 aliphatic rings. The van der Waals surface area contributed by atoms with Crippen molar-refractivity contribution in [2.24, 2.45) is 0 Å². The van der Waals surface area contributed by atoms with Crippen LogP contribution in [0.15, 0.2) is 71.3 Å².